The summed E-state index contributed by atoms with van der Waals surface area (Å²) < 4.78 is 10.6. The van der Waals surface area contributed by atoms with Crippen molar-refractivity contribution in [3.8, 4) is 5.75 Å². The van der Waals surface area contributed by atoms with Gasteiger partial charge >= 0.3 is 0 Å². The summed E-state index contributed by atoms with van der Waals surface area (Å²) >= 11 is 11.8. The van der Waals surface area contributed by atoms with Crippen LogP contribution in [0.15, 0.2) is 42.5 Å². The minimum atomic E-state index is -0.288. The third kappa shape index (κ3) is 4.86. The first-order chi connectivity index (χ1) is 11.0. The molecule has 0 aliphatic rings. The topological polar surface area (TPSA) is 47.6 Å². The third-order valence-corrected chi connectivity index (χ3v) is 3.76. The molecule has 2 rings (SSSR count). The molecule has 2 aromatic rings. The molecule has 1 amide bonds. The van der Waals surface area contributed by atoms with E-state index in [1.54, 1.807) is 32.4 Å². The van der Waals surface area contributed by atoms with Crippen molar-refractivity contribution < 1.29 is 14.3 Å². The molecule has 0 fully saturated rings. The van der Waals surface area contributed by atoms with E-state index in [1.807, 2.05) is 24.3 Å². The molecule has 0 spiro atoms. The number of halogens is 2. The Balaban J connectivity index is 2.06. The van der Waals surface area contributed by atoms with Gasteiger partial charge in [0, 0.05) is 29.3 Å². The van der Waals surface area contributed by atoms with Crippen LogP contribution >= 0.6 is 23.2 Å². The molecule has 0 heterocycles. The number of carbonyl (C=O) groups is 1. The maximum Gasteiger partial charge on any atom is 0.251 e. The Hall–Kier alpha value is -1.75. The highest BCUT2D eigenvalue weighted by molar-refractivity contribution is 6.35. The summed E-state index contributed by atoms with van der Waals surface area (Å²) in [5, 5.41) is 3.65. The highest BCUT2D eigenvalue weighted by atomic mass is 35.5. The molecule has 1 atom stereocenters. The Morgan fingerprint density at radius 1 is 1.13 bits per heavy atom. The zero-order valence-electron chi connectivity index (χ0n) is 12.8. The average molecular weight is 354 g/mol. The van der Waals surface area contributed by atoms with E-state index in [9.17, 15) is 4.79 Å². The maximum atomic E-state index is 12.2. The smallest absolute Gasteiger partial charge is 0.251 e. The summed E-state index contributed by atoms with van der Waals surface area (Å²) in [7, 11) is 3.19. The molecular formula is C17H17Cl2NO3. The number of carbonyl (C=O) groups excluding carboxylic acids is 1. The van der Waals surface area contributed by atoms with E-state index < -0.39 is 0 Å². The van der Waals surface area contributed by atoms with Crippen molar-refractivity contribution in [1.82, 2.24) is 5.32 Å². The van der Waals surface area contributed by atoms with E-state index in [4.69, 9.17) is 32.7 Å². The Morgan fingerprint density at radius 3 is 2.43 bits per heavy atom. The summed E-state index contributed by atoms with van der Waals surface area (Å²) in [6, 6.07) is 12.2. The SMILES string of the molecule is COc1cccc(C(CNC(=O)c2cc(Cl)cc(Cl)c2)OC)c1. The van der Waals surface area contributed by atoms with Gasteiger partial charge < -0.3 is 14.8 Å². The minimum Gasteiger partial charge on any atom is -0.497 e. The van der Waals surface area contributed by atoms with Gasteiger partial charge in [0.2, 0.25) is 0 Å². The standard InChI is InChI=1S/C17H17Cl2NO3/c1-22-15-5-3-4-11(8-15)16(23-2)10-20-17(21)12-6-13(18)9-14(19)7-12/h3-9,16H,10H2,1-2H3,(H,20,21). The fourth-order valence-corrected chi connectivity index (χ4v) is 2.68. The number of amides is 1. The number of methoxy groups -OCH3 is 2. The number of hydrogen-bond acceptors (Lipinski definition) is 3. The first kappa shape index (κ1) is 17.6. The van der Waals surface area contributed by atoms with E-state index in [2.05, 4.69) is 5.32 Å². The lowest BCUT2D eigenvalue weighted by Gasteiger charge is -2.17. The lowest BCUT2D eigenvalue weighted by Crippen LogP contribution is -2.29. The number of benzene rings is 2. The maximum absolute atomic E-state index is 12.2. The van der Waals surface area contributed by atoms with Gasteiger partial charge in [0.25, 0.3) is 5.91 Å². The van der Waals surface area contributed by atoms with Crippen LogP contribution in [0.3, 0.4) is 0 Å². The quantitative estimate of drug-likeness (QED) is 0.849. The van der Waals surface area contributed by atoms with Crippen molar-refractivity contribution in [2.24, 2.45) is 0 Å². The molecule has 0 aliphatic carbocycles. The van der Waals surface area contributed by atoms with Gasteiger partial charge in [-0.2, -0.15) is 0 Å². The Labute approximate surface area is 145 Å². The fourth-order valence-electron chi connectivity index (χ4n) is 2.15. The summed E-state index contributed by atoms with van der Waals surface area (Å²) in [5.41, 5.74) is 1.32. The van der Waals surface area contributed by atoms with Crippen molar-refractivity contribution in [1.29, 1.82) is 0 Å². The highest BCUT2D eigenvalue weighted by Gasteiger charge is 2.14. The predicted octanol–water partition coefficient (Wildman–Crippen LogP) is 4.12. The summed E-state index contributed by atoms with van der Waals surface area (Å²) in [5.74, 6) is 0.469. The first-order valence-electron chi connectivity index (χ1n) is 6.94. The van der Waals surface area contributed by atoms with E-state index in [0.717, 1.165) is 11.3 Å². The van der Waals surface area contributed by atoms with E-state index >= 15 is 0 Å². The number of ether oxygens (including phenoxy) is 2. The summed E-state index contributed by atoms with van der Waals surface area (Å²) in [4.78, 5) is 12.2. The van der Waals surface area contributed by atoms with Crippen LogP contribution < -0.4 is 10.1 Å². The van der Waals surface area contributed by atoms with Crippen LogP contribution in [0.2, 0.25) is 10.0 Å². The zero-order valence-corrected chi connectivity index (χ0v) is 14.3. The van der Waals surface area contributed by atoms with Crippen LogP contribution in [-0.2, 0) is 4.74 Å². The van der Waals surface area contributed by atoms with Crippen molar-refractivity contribution in [2.45, 2.75) is 6.10 Å². The van der Waals surface area contributed by atoms with E-state index in [0.29, 0.717) is 22.2 Å². The molecule has 0 radical (unpaired) electrons. The van der Waals surface area contributed by atoms with Crippen molar-refractivity contribution in [3.05, 3.63) is 63.6 Å². The van der Waals surface area contributed by atoms with E-state index in [1.165, 1.54) is 0 Å². The molecule has 1 unspecified atom stereocenters. The normalized spacial score (nSPS) is 11.8. The monoisotopic (exact) mass is 353 g/mol. The van der Waals surface area contributed by atoms with Crippen LogP contribution in [0, 0.1) is 0 Å². The van der Waals surface area contributed by atoms with Gasteiger partial charge in [0.05, 0.1) is 13.2 Å². The van der Waals surface area contributed by atoms with E-state index in [-0.39, 0.29) is 12.0 Å². The molecule has 0 saturated heterocycles. The highest BCUT2D eigenvalue weighted by Crippen LogP contribution is 2.22. The predicted molar refractivity (Wildman–Crippen MR) is 91.5 cm³/mol. The molecule has 0 saturated carbocycles. The molecule has 4 nitrogen and oxygen atoms in total. The molecule has 0 aliphatic heterocycles. The largest absolute Gasteiger partial charge is 0.497 e. The van der Waals surface area contributed by atoms with Gasteiger partial charge in [-0.3, -0.25) is 4.79 Å². The second-order valence-electron chi connectivity index (χ2n) is 4.87. The van der Waals surface area contributed by atoms with Crippen LogP contribution in [0.25, 0.3) is 0 Å². The van der Waals surface area contributed by atoms with Crippen LogP contribution in [0.1, 0.15) is 22.0 Å². The van der Waals surface area contributed by atoms with Crippen LogP contribution in [0.4, 0.5) is 0 Å². The second-order valence-corrected chi connectivity index (χ2v) is 5.74. The lowest BCUT2D eigenvalue weighted by atomic mass is 10.1. The van der Waals surface area contributed by atoms with Crippen LogP contribution in [-0.4, -0.2) is 26.7 Å². The Kier molecular flexibility index (Phi) is 6.28. The van der Waals surface area contributed by atoms with Gasteiger partial charge in [-0.1, -0.05) is 35.3 Å². The molecule has 1 N–H and O–H groups in total. The average Bonchev–Trinajstić information content (AvgIpc) is 2.54. The lowest BCUT2D eigenvalue weighted by molar-refractivity contribution is 0.0827. The molecule has 2 aromatic carbocycles. The summed E-state index contributed by atoms with van der Waals surface area (Å²) in [6.45, 7) is 0.312. The molecule has 23 heavy (non-hydrogen) atoms. The second kappa shape index (κ2) is 8.20. The first-order valence-corrected chi connectivity index (χ1v) is 7.70. The van der Waals surface area contributed by atoms with Gasteiger partial charge in [0.15, 0.2) is 0 Å². The van der Waals surface area contributed by atoms with Gasteiger partial charge in [-0.15, -0.1) is 0 Å². The molecular weight excluding hydrogens is 337 g/mol. The van der Waals surface area contributed by atoms with Gasteiger partial charge in [0.1, 0.15) is 5.75 Å². The third-order valence-electron chi connectivity index (χ3n) is 3.32. The Bertz CT molecular complexity index is 671. The zero-order chi connectivity index (χ0) is 16.8. The van der Waals surface area contributed by atoms with Gasteiger partial charge in [-0.05, 0) is 35.9 Å². The molecule has 0 aromatic heterocycles. The van der Waals surface area contributed by atoms with Crippen LogP contribution in [0.5, 0.6) is 5.75 Å². The van der Waals surface area contributed by atoms with Crippen molar-refractivity contribution >= 4 is 29.1 Å². The Morgan fingerprint density at radius 2 is 1.83 bits per heavy atom. The molecule has 122 valence electrons. The number of rotatable bonds is 6. The number of hydrogen-bond donors (Lipinski definition) is 1. The molecule has 6 heteroatoms. The van der Waals surface area contributed by atoms with Crippen molar-refractivity contribution in [3.63, 3.8) is 0 Å². The van der Waals surface area contributed by atoms with Crippen molar-refractivity contribution in [2.75, 3.05) is 20.8 Å². The minimum absolute atomic E-state index is 0.264. The number of nitrogens with one attached hydrogen (secondary N) is 1. The fraction of sp³-hybridized carbons (Fsp3) is 0.235. The molecule has 0 bridgehead atoms. The van der Waals surface area contributed by atoms with Gasteiger partial charge in [-0.25, -0.2) is 0 Å². The summed E-state index contributed by atoms with van der Waals surface area (Å²) in [6.07, 6.45) is -0.288.